The van der Waals surface area contributed by atoms with E-state index in [-0.39, 0.29) is 18.4 Å². The van der Waals surface area contributed by atoms with E-state index in [4.69, 9.17) is 38.8 Å². The fourth-order valence-electron chi connectivity index (χ4n) is 9.83. The molecule has 0 N–H and O–H groups in total. The van der Waals surface area contributed by atoms with E-state index in [2.05, 4.69) is 0 Å². The van der Waals surface area contributed by atoms with Crippen LogP contribution in [-0.4, -0.2) is 7.32 Å². The van der Waals surface area contributed by atoms with Crippen molar-refractivity contribution in [2.75, 3.05) is 0 Å². The molecule has 0 aliphatic heterocycles. The summed E-state index contributed by atoms with van der Waals surface area (Å²) in [4.78, 5) is 1.23. The van der Waals surface area contributed by atoms with Crippen LogP contribution >= 0.6 is 38.9 Å². The summed E-state index contributed by atoms with van der Waals surface area (Å²) in [6.07, 6.45) is -10.3. The van der Waals surface area contributed by atoms with Gasteiger partial charge in [0.2, 0.25) is 0 Å². The average molecular weight is 1040 g/mol. The summed E-state index contributed by atoms with van der Waals surface area (Å²) in [5, 5.41) is 3.97. The van der Waals surface area contributed by atoms with Gasteiger partial charge in [0.15, 0.2) is 0 Å². The topological polar surface area (TPSA) is 27.7 Å². The Balaban J connectivity index is 1.49. The summed E-state index contributed by atoms with van der Waals surface area (Å²) in [7, 11) is -2.12. The Morgan fingerprint density at radius 1 is 0.347 bits per heavy atom. The molecule has 0 saturated carbocycles. The fraction of sp³-hybridized carbons (Fsp3) is 0.0690. The molecule has 9 rings (SSSR count). The Morgan fingerprint density at radius 2 is 0.597 bits per heavy atom. The van der Waals surface area contributed by atoms with Crippen molar-refractivity contribution in [1.29, 1.82) is 0 Å². The Hall–Kier alpha value is -6.10. The van der Waals surface area contributed by atoms with Crippen LogP contribution in [0.15, 0.2) is 259 Å². The minimum absolute atomic E-state index is 0.0761. The first-order valence-corrected chi connectivity index (χ1v) is 28.5. The molecule has 0 spiro atoms. The maximum atomic E-state index is 14.9. The summed E-state index contributed by atoms with van der Waals surface area (Å²) >= 11 is 10.0. The van der Waals surface area contributed by atoms with Gasteiger partial charge in [-0.15, -0.1) is 0 Å². The molecule has 0 amide bonds. The summed E-state index contributed by atoms with van der Waals surface area (Å²) in [5.74, 6) is -0.789. The van der Waals surface area contributed by atoms with Crippen LogP contribution in [0.3, 0.4) is 0 Å². The molecule has 0 heterocycles. The Bertz CT molecular complexity index is 2860. The molecule has 0 atom stereocenters. The van der Waals surface area contributed by atoms with Crippen LogP contribution in [0.25, 0.3) is 0 Å². The third-order valence-electron chi connectivity index (χ3n) is 13.2. The molecule has 3 nitrogen and oxygen atoms in total. The Morgan fingerprint density at radius 3 is 0.847 bits per heavy atom. The molecule has 0 aliphatic carbocycles. The van der Waals surface area contributed by atoms with Gasteiger partial charge >= 0.3 is 429 Å². The van der Waals surface area contributed by atoms with Crippen molar-refractivity contribution in [3.63, 3.8) is 0 Å². The zero-order valence-electron chi connectivity index (χ0n) is 38.4. The molecule has 0 bridgehead atoms. The van der Waals surface area contributed by atoms with Crippen LogP contribution in [-0.2, 0) is 33.6 Å². The summed E-state index contributed by atoms with van der Waals surface area (Å²) in [5.41, 5.74) is -1.67. The van der Waals surface area contributed by atoms with Gasteiger partial charge in [-0.1, -0.05) is 0 Å². The number of rotatable bonds is 16. The van der Waals surface area contributed by atoms with Gasteiger partial charge in [-0.3, -0.25) is 0 Å². The van der Waals surface area contributed by atoms with E-state index in [9.17, 15) is 26.3 Å². The van der Waals surface area contributed by atoms with Crippen LogP contribution in [0, 0.1) is 0 Å². The van der Waals surface area contributed by atoms with Crippen LogP contribution in [0.4, 0.5) is 26.3 Å². The molecule has 0 aromatic heterocycles. The average Bonchev–Trinajstić information content (AvgIpc) is 3.40. The standard InChI is InChI=1S/C58H47BF6O3P2S2/c60-57(61,62)46-39-47(58(63,64)65)41-48(40-46)66-59(67-69(49-25-7-1-8-26-49,50-27-9-2-10-28-50,51-29-11-3-12-30-51)42-44-23-19-21-37-55(44)71)68-70(52-31-13-4-14-32-52,53-33-15-5-16-34-53,54-35-17-6-18-36-54)43-45-24-20-22-38-56(45)72/h1-41,71-72H,42-43H2. The van der Waals surface area contributed by atoms with Gasteiger partial charge in [0.25, 0.3) is 0 Å². The van der Waals surface area contributed by atoms with Crippen molar-refractivity contribution in [2.45, 2.75) is 34.5 Å². The number of halogens is 6. The van der Waals surface area contributed by atoms with Crippen molar-refractivity contribution >= 4 is 78.1 Å². The third-order valence-corrected chi connectivity index (χ3v) is 25.6. The SMILES string of the molecule is FC(F)(F)c1cc(OB(OP(Cc2ccccc2S)(c2ccccc2)(c2ccccc2)c2ccccc2)OP(Cc2ccccc2S)(c2ccccc2)(c2ccccc2)c2ccccc2)cc(C(F)(F)F)c1. The molecule has 0 unspecified atom stereocenters. The quantitative estimate of drug-likeness (QED) is 0.0437. The predicted octanol–water partition coefficient (Wildman–Crippen LogP) is 14.0. The number of hydrogen-bond donors (Lipinski definition) is 2. The number of benzene rings is 9. The molecule has 0 fully saturated rings. The number of hydrogen-bond acceptors (Lipinski definition) is 5. The first kappa shape index (κ1) is 50.8. The first-order chi connectivity index (χ1) is 34.6. The van der Waals surface area contributed by atoms with E-state index in [0.717, 1.165) is 11.1 Å². The second kappa shape index (κ2) is 20.4. The molecular formula is C58H47BF6O3P2S2. The summed E-state index contributed by atoms with van der Waals surface area (Å²) in [6, 6.07) is 73.2. The van der Waals surface area contributed by atoms with Gasteiger partial charge in [-0.05, 0) is 0 Å². The zero-order valence-corrected chi connectivity index (χ0v) is 42.0. The van der Waals surface area contributed by atoms with Gasteiger partial charge < -0.3 is 0 Å². The first-order valence-electron chi connectivity index (χ1n) is 22.9. The van der Waals surface area contributed by atoms with E-state index >= 15 is 0 Å². The molecule has 364 valence electrons. The second-order valence-electron chi connectivity index (χ2n) is 17.4. The molecule has 9 aromatic carbocycles. The zero-order chi connectivity index (χ0) is 50.5. The fourth-order valence-corrected chi connectivity index (χ4v) is 22.0. The van der Waals surface area contributed by atoms with E-state index in [1.807, 2.05) is 231 Å². The summed E-state index contributed by atoms with van der Waals surface area (Å²) < 4.78 is 113. The monoisotopic (exact) mass is 1040 g/mol. The summed E-state index contributed by atoms with van der Waals surface area (Å²) in [6.45, 7) is -9.80. The molecular weight excluding hydrogens is 996 g/mol. The van der Waals surface area contributed by atoms with Crippen molar-refractivity contribution in [3.05, 3.63) is 271 Å². The van der Waals surface area contributed by atoms with Crippen molar-refractivity contribution in [3.8, 4) is 5.75 Å². The minimum atomic E-state index is -5.21. The van der Waals surface area contributed by atoms with E-state index < -0.39 is 50.2 Å². The van der Waals surface area contributed by atoms with Gasteiger partial charge in [0.1, 0.15) is 0 Å². The van der Waals surface area contributed by atoms with Crippen LogP contribution in [0.1, 0.15) is 22.3 Å². The van der Waals surface area contributed by atoms with Crippen molar-refractivity contribution in [2.24, 2.45) is 0 Å². The van der Waals surface area contributed by atoms with Gasteiger partial charge in [-0.2, -0.15) is 0 Å². The van der Waals surface area contributed by atoms with Crippen LogP contribution < -0.4 is 36.5 Å². The van der Waals surface area contributed by atoms with E-state index in [1.165, 1.54) is 0 Å². The maximum absolute atomic E-state index is 14.9. The van der Waals surface area contributed by atoms with Gasteiger partial charge in [0, 0.05) is 0 Å². The predicted molar refractivity (Wildman–Crippen MR) is 290 cm³/mol. The normalized spacial score (nSPS) is 13.3. The van der Waals surface area contributed by atoms with Crippen molar-refractivity contribution < 1.29 is 39.9 Å². The number of alkyl halides is 6. The molecule has 14 heteroatoms. The van der Waals surface area contributed by atoms with Crippen molar-refractivity contribution in [1.82, 2.24) is 0 Å². The van der Waals surface area contributed by atoms with Crippen LogP contribution in [0.5, 0.6) is 5.75 Å². The molecule has 0 radical (unpaired) electrons. The Kier molecular flexibility index (Phi) is 14.4. The number of thiol groups is 2. The van der Waals surface area contributed by atoms with Gasteiger partial charge in [0.05, 0.1) is 0 Å². The molecule has 72 heavy (non-hydrogen) atoms. The van der Waals surface area contributed by atoms with Gasteiger partial charge in [-0.25, -0.2) is 0 Å². The molecule has 0 aliphatic rings. The third kappa shape index (κ3) is 9.41. The Labute approximate surface area is 426 Å². The van der Waals surface area contributed by atoms with E-state index in [0.29, 0.717) is 53.8 Å². The van der Waals surface area contributed by atoms with Crippen LogP contribution in [0.2, 0.25) is 0 Å². The molecule has 9 aromatic rings. The second-order valence-corrected chi connectivity index (χ2v) is 27.3. The van der Waals surface area contributed by atoms with E-state index in [1.54, 1.807) is 0 Å². The molecule has 0 saturated heterocycles.